The lowest BCUT2D eigenvalue weighted by Gasteiger charge is -2.23. The Kier molecular flexibility index (Phi) is 7.36. The van der Waals surface area contributed by atoms with Gasteiger partial charge in [-0.15, -0.1) is 0 Å². The summed E-state index contributed by atoms with van der Waals surface area (Å²) in [6.45, 7) is 8.38. The lowest BCUT2D eigenvalue weighted by Crippen LogP contribution is -2.53. The lowest BCUT2D eigenvalue weighted by molar-refractivity contribution is -0.142. The molecule has 0 aliphatic heterocycles. The van der Waals surface area contributed by atoms with E-state index in [1.54, 1.807) is 13.8 Å². The van der Waals surface area contributed by atoms with Gasteiger partial charge in [0.1, 0.15) is 12.1 Å². The number of carboxylic acids is 1. The minimum Gasteiger partial charge on any atom is -0.480 e. The highest BCUT2D eigenvalue weighted by Gasteiger charge is 2.27. The van der Waals surface area contributed by atoms with Crippen LogP contribution in [0.5, 0.6) is 0 Å². The van der Waals surface area contributed by atoms with Crippen molar-refractivity contribution in [2.75, 3.05) is 0 Å². The average Bonchev–Trinajstić information content (AvgIpc) is 2.23. The van der Waals surface area contributed by atoms with Crippen molar-refractivity contribution in [3.63, 3.8) is 0 Å². The van der Waals surface area contributed by atoms with E-state index in [1.807, 2.05) is 0 Å². The summed E-state index contributed by atoms with van der Waals surface area (Å²) in [6, 6.07) is -1.84. The van der Waals surface area contributed by atoms with Crippen LogP contribution in [0.15, 0.2) is 11.1 Å². The zero-order valence-corrected chi connectivity index (χ0v) is 12.8. The van der Waals surface area contributed by atoms with Gasteiger partial charge in [-0.3, -0.25) is 9.59 Å². The van der Waals surface area contributed by atoms with Gasteiger partial charge in [-0.2, -0.15) is 0 Å². The topological polar surface area (TPSA) is 95.5 Å². The molecular weight excluding hydrogens is 316 g/mol. The van der Waals surface area contributed by atoms with Crippen LogP contribution in [-0.4, -0.2) is 35.0 Å². The first-order valence-electron chi connectivity index (χ1n) is 5.78. The van der Waals surface area contributed by atoms with Crippen LogP contribution in [0.3, 0.4) is 0 Å². The maximum absolute atomic E-state index is 12.0. The SMILES string of the molecule is C=C(Br)C[C@@H](NC(=O)[C@H](NC(C)=O)C(C)C)C(=O)O. The molecule has 0 bridgehead atoms. The summed E-state index contributed by atoms with van der Waals surface area (Å²) in [5.41, 5.74) is 0. The fourth-order valence-electron chi connectivity index (χ4n) is 1.44. The molecule has 0 aromatic heterocycles. The van der Waals surface area contributed by atoms with Crippen molar-refractivity contribution in [3.05, 3.63) is 11.1 Å². The zero-order valence-electron chi connectivity index (χ0n) is 11.2. The molecule has 0 aromatic carbocycles. The average molecular weight is 335 g/mol. The number of hydrogen-bond donors (Lipinski definition) is 3. The van der Waals surface area contributed by atoms with Crippen LogP contribution in [0.1, 0.15) is 27.2 Å². The molecule has 19 heavy (non-hydrogen) atoms. The van der Waals surface area contributed by atoms with E-state index < -0.39 is 24.0 Å². The highest BCUT2D eigenvalue weighted by Crippen LogP contribution is 2.11. The first-order chi connectivity index (χ1) is 8.65. The van der Waals surface area contributed by atoms with Gasteiger partial charge in [0.05, 0.1) is 0 Å². The maximum atomic E-state index is 12.0. The van der Waals surface area contributed by atoms with Gasteiger partial charge in [0, 0.05) is 13.3 Å². The number of carboxylic acid groups (broad SMARTS) is 1. The van der Waals surface area contributed by atoms with E-state index in [0.717, 1.165) is 0 Å². The number of carbonyl (C=O) groups excluding carboxylic acids is 2. The van der Waals surface area contributed by atoms with E-state index in [2.05, 4.69) is 33.1 Å². The molecule has 0 saturated heterocycles. The van der Waals surface area contributed by atoms with Crippen molar-refractivity contribution >= 4 is 33.7 Å². The van der Waals surface area contributed by atoms with Crippen LogP contribution < -0.4 is 10.6 Å². The Labute approximate surface area is 120 Å². The monoisotopic (exact) mass is 334 g/mol. The van der Waals surface area contributed by atoms with Crippen molar-refractivity contribution in [2.24, 2.45) is 5.92 Å². The quantitative estimate of drug-likeness (QED) is 0.647. The van der Waals surface area contributed by atoms with Gasteiger partial charge in [0.15, 0.2) is 0 Å². The summed E-state index contributed by atoms with van der Waals surface area (Å²) < 4.78 is 0.473. The van der Waals surface area contributed by atoms with E-state index >= 15 is 0 Å². The van der Waals surface area contributed by atoms with Gasteiger partial charge < -0.3 is 15.7 Å². The summed E-state index contributed by atoms with van der Waals surface area (Å²) in [5, 5.41) is 13.9. The third kappa shape index (κ3) is 6.95. The summed E-state index contributed by atoms with van der Waals surface area (Å²) in [5.74, 6) is -2.17. The van der Waals surface area contributed by atoms with Crippen LogP contribution in [0.2, 0.25) is 0 Å². The molecule has 0 aliphatic carbocycles. The predicted octanol–water partition coefficient (Wildman–Crippen LogP) is 1.02. The van der Waals surface area contributed by atoms with E-state index in [9.17, 15) is 14.4 Å². The molecule has 0 radical (unpaired) electrons. The van der Waals surface area contributed by atoms with Crippen LogP contribution in [0.25, 0.3) is 0 Å². The maximum Gasteiger partial charge on any atom is 0.326 e. The van der Waals surface area contributed by atoms with E-state index in [0.29, 0.717) is 4.48 Å². The highest BCUT2D eigenvalue weighted by atomic mass is 79.9. The Bertz CT molecular complexity index is 382. The number of nitrogens with one attached hydrogen (secondary N) is 2. The Hall–Kier alpha value is -1.37. The molecule has 0 aromatic rings. The smallest absolute Gasteiger partial charge is 0.326 e. The van der Waals surface area contributed by atoms with Crippen molar-refractivity contribution in [1.82, 2.24) is 10.6 Å². The number of amides is 2. The molecule has 7 heteroatoms. The highest BCUT2D eigenvalue weighted by molar-refractivity contribution is 9.11. The largest absolute Gasteiger partial charge is 0.480 e. The molecule has 108 valence electrons. The molecule has 0 unspecified atom stereocenters. The van der Waals surface area contributed by atoms with E-state index in [4.69, 9.17) is 5.11 Å². The van der Waals surface area contributed by atoms with Gasteiger partial charge in [-0.25, -0.2) is 4.79 Å². The number of aliphatic carboxylic acids is 1. The molecule has 0 rings (SSSR count). The molecule has 6 nitrogen and oxygen atoms in total. The van der Waals surface area contributed by atoms with Crippen molar-refractivity contribution in [2.45, 2.75) is 39.3 Å². The van der Waals surface area contributed by atoms with Crippen molar-refractivity contribution < 1.29 is 19.5 Å². The Morgan fingerprint density at radius 1 is 1.26 bits per heavy atom. The number of hydrogen-bond acceptors (Lipinski definition) is 3. The van der Waals surface area contributed by atoms with Gasteiger partial charge >= 0.3 is 5.97 Å². The second kappa shape index (κ2) is 7.93. The molecule has 3 N–H and O–H groups in total. The summed E-state index contributed by atoms with van der Waals surface area (Å²) in [6.07, 6.45) is 0.0754. The summed E-state index contributed by atoms with van der Waals surface area (Å²) in [4.78, 5) is 34.0. The second-order valence-corrected chi connectivity index (χ2v) is 5.66. The predicted molar refractivity (Wildman–Crippen MR) is 74.7 cm³/mol. The third-order valence-corrected chi connectivity index (χ3v) is 2.67. The fraction of sp³-hybridized carbons (Fsp3) is 0.583. The van der Waals surface area contributed by atoms with Gasteiger partial charge in [0.2, 0.25) is 11.8 Å². The molecule has 2 amide bonds. The minimum absolute atomic E-state index is 0.0754. The molecule has 0 saturated carbocycles. The first-order valence-corrected chi connectivity index (χ1v) is 6.58. The summed E-state index contributed by atoms with van der Waals surface area (Å²) >= 11 is 3.06. The van der Waals surface area contributed by atoms with Crippen molar-refractivity contribution in [1.29, 1.82) is 0 Å². The first kappa shape index (κ1) is 17.6. The molecule has 0 aliphatic rings. The van der Waals surface area contributed by atoms with Crippen LogP contribution in [-0.2, 0) is 14.4 Å². The Balaban J connectivity index is 4.80. The standard InChI is InChI=1S/C12H19BrN2O4/c1-6(2)10(14-8(4)16)11(17)15-9(12(18)19)5-7(3)13/h6,9-10H,3,5H2,1-2,4H3,(H,14,16)(H,15,17)(H,18,19)/t9-,10-/m1/s1. The molecule has 0 heterocycles. The zero-order chi connectivity index (χ0) is 15.2. The lowest BCUT2D eigenvalue weighted by atomic mass is 10.0. The van der Waals surface area contributed by atoms with Gasteiger partial charge in [-0.1, -0.05) is 36.4 Å². The molecule has 0 fully saturated rings. The Morgan fingerprint density at radius 2 is 1.79 bits per heavy atom. The van der Waals surface area contributed by atoms with Crippen LogP contribution in [0.4, 0.5) is 0 Å². The Morgan fingerprint density at radius 3 is 2.11 bits per heavy atom. The van der Waals surface area contributed by atoms with E-state index in [-0.39, 0.29) is 18.2 Å². The second-order valence-electron chi connectivity index (χ2n) is 4.54. The van der Waals surface area contributed by atoms with Gasteiger partial charge in [-0.05, 0) is 10.4 Å². The van der Waals surface area contributed by atoms with Crippen LogP contribution in [0, 0.1) is 5.92 Å². The van der Waals surface area contributed by atoms with Gasteiger partial charge in [0.25, 0.3) is 0 Å². The number of halogens is 1. The number of carbonyl (C=O) groups is 3. The molecule has 0 spiro atoms. The summed E-state index contributed by atoms with van der Waals surface area (Å²) in [7, 11) is 0. The third-order valence-electron chi connectivity index (χ3n) is 2.35. The molecular formula is C12H19BrN2O4. The normalized spacial score (nSPS) is 13.5. The molecule has 2 atom stereocenters. The van der Waals surface area contributed by atoms with E-state index in [1.165, 1.54) is 6.92 Å². The fourth-order valence-corrected chi connectivity index (χ4v) is 1.76. The number of rotatable bonds is 7. The van der Waals surface area contributed by atoms with Crippen LogP contribution >= 0.6 is 15.9 Å². The van der Waals surface area contributed by atoms with Crippen molar-refractivity contribution in [3.8, 4) is 0 Å². The minimum atomic E-state index is -1.15.